The van der Waals surface area contributed by atoms with Crippen molar-refractivity contribution < 1.29 is 0 Å². The topological polar surface area (TPSA) is 38.9 Å². The first-order valence-electron chi connectivity index (χ1n) is 6.21. The predicted molar refractivity (Wildman–Crippen MR) is 83.3 cm³/mol. The molecule has 0 radical (unpaired) electrons. The lowest BCUT2D eigenvalue weighted by atomic mass is 9.93. The number of pyridine rings is 1. The van der Waals surface area contributed by atoms with Gasteiger partial charge in [-0.15, -0.1) is 0 Å². The molecule has 1 aromatic heterocycles. The zero-order valence-corrected chi connectivity index (χ0v) is 12.9. The molecule has 100 valence electrons. The highest BCUT2D eigenvalue weighted by atomic mass is 79.9. The van der Waals surface area contributed by atoms with E-state index < -0.39 is 0 Å². The Hall–Kier alpha value is -0.900. The maximum atomic E-state index is 6.01. The zero-order valence-electron chi connectivity index (χ0n) is 10.5. The van der Waals surface area contributed by atoms with Crippen LogP contribution in [0.2, 0.25) is 5.02 Å². The largest absolute Gasteiger partial charge is 0.330 e. The third-order valence-electron chi connectivity index (χ3n) is 3.03. The minimum Gasteiger partial charge on any atom is -0.330 e. The fourth-order valence-corrected chi connectivity index (χ4v) is 2.76. The molecular weight excluding hydrogens is 324 g/mol. The maximum Gasteiger partial charge on any atom is 0.0410 e. The summed E-state index contributed by atoms with van der Waals surface area (Å²) < 4.78 is 1.00. The lowest BCUT2D eigenvalue weighted by Crippen LogP contribution is -2.19. The minimum absolute atomic E-state index is 0.398. The number of hydrogen-bond donors (Lipinski definition) is 1. The molecule has 19 heavy (non-hydrogen) atoms. The average molecular weight is 340 g/mol. The third kappa shape index (κ3) is 4.60. The van der Waals surface area contributed by atoms with Gasteiger partial charge in [-0.3, -0.25) is 4.98 Å². The van der Waals surface area contributed by atoms with Crippen LogP contribution in [0, 0.1) is 5.92 Å². The van der Waals surface area contributed by atoms with Gasteiger partial charge in [0, 0.05) is 21.9 Å². The van der Waals surface area contributed by atoms with E-state index in [1.807, 2.05) is 24.4 Å². The van der Waals surface area contributed by atoms with Crippen molar-refractivity contribution in [3.05, 3.63) is 63.3 Å². The summed E-state index contributed by atoms with van der Waals surface area (Å²) >= 11 is 9.44. The van der Waals surface area contributed by atoms with Crippen molar-refractivity contribution in [2.24, 2.45) is 11.7 Å². The predicted octanol–water partition coefficient (Wildman–Crippen LogP) is 3.86. The molecule has 0 amide bonds. The fraction of sp³-hybridized carbons (Fsp3) is 0.267. The number of benzene rings is 1. The number of nitrogens with two attached hydrogens (primary N) is 1. The Bertz CT molecular complexity index is 498. The Morgan fingerprint density at radius 2 is 1.95 bits per heavy atom. The molecule has 0 bridgehead atoms. The van der Waals surface area contributed by atoms with Crippen LogP contribution >= 0.6 is 27.5 Å². The molecular formula is C15H16BrClN2. The van der Waals surface area contributed by atoms with Crippen LogP contribution in [0.3, 0.4) is 0 Å². The summed E-state index contributed by atoms with van der Waals surface area (Å²) in [6.07, 6.45) is 5.54. The molecule has 1 unspecified atom stereocenters. The molecule has 0 aliphatic carbocycles. The number of aromatic nitrogens is 1. The minimum atomic E-state index is 0.398. The molecule has 0 fully saturated rings. The van der Waals surface area contributed by atoms with Gasteiger partial charge in [0.15, 0.2) is 0 Å². The molecule has 2 aromatic rings. The second kappa shape index (κ2) is 7.04. The highest BCUT2D eigenvalue weighted by Gasteiger charge is 2.10. The summed E-state index contributed by atoms with van der Waals surface area (Å²) in [5.41, 5.74) is 8.31. The van der Waals surface area contributed by atoms with Crippen LogP contribution in [0.15, 0.2) is 47.2 Å². The summed E-state index contributed by atoms with van der Waals surface area (Å²) in [6.45, 7) is 0.652. The Labute approximate surface area is 127 Å². The molecule has 0 spiro atoms. The third-order valence-corrected chi connectivity index (χ3v) is 3.70. The molecule has 2 rings (SSSR count). The van der Waals surface area contributed by atoms with Crippen LogP contribution in [-0.4, -0.2) is 11.5 Å². The van der Waals surface area contributed by atoms with Gasteiger partial charge in [0.1, 0.15) is 0 Å². The monoisotopic (exact) mass is 338 g/mol. The average Bonchev–Trinajstić information content (AvgIpc) is 2.38. The van der Waals surface area contributed by atoms with Crippen molar-refractivity contribution in [3.8, 4) is 0 Å². The second-order valence-electron chi connectivity index (χ2n) is 4.65. The molecule has 1 aromatic carbocycles. The zero-order chi connectivity index (χ0) is 13.7. The Morgan fingerprint density at radius 1 is 1.16 bits per heavy atom. The van der Waals surface area contributed by atoms with E-state index in [1.54, 1.807) is 6.20 Å². The lowest BCUT2D eigenvalue weighted by Gasteiger charge is -2.15. The number of rotatable bonds is 5. The first kappa shape index (κ1) is 14.5. The van der Waals surface area contributed by atoms with E-state index in [0.29, 0.717) is 12.5 Å². The number of nitrogens with zero attached hydrogens (tertiary/aromatic N) is 1. The molecule has 1 atom stereocenters. The van der Waals surface area contributed by atoms with Gasteiger partial charge in [0.25, 0.3) is 0 Å². The van der Waals surface area contributed by atoms with Crippen LogP contribution in [0.4, 0.5) is 0 Å². The Kier molecular flexibility index (Phi) is 5.37. The van der Waals surface area contributed by atoms with Crippen molar-refractivity contribution in [2.75, 3.05) is 6.54 Å². The summed E-state index contributed by atoms with van der Waals surface area (Å²) in [5.74, 6) is 0.398. The highest BCUT2D eigenvalue weighted by Crippen LogP contribution is 2.18. The Balaban J connectivity index is 2.04. The van der Waals surface area contributed by atoms with Crippen LogP contribution in [0.1, 0.15) is 11.1 Å². The molecule has 0 saturated carbocycles. The molecule has 0 saturated heterocycles. The van der Waals surface area contributed by atoms with E-state index in [0.717, 1.165) is 22.3 Å². The smallest absolute Gasteiger partial charge is 0.0410 e. The van der Waals surface area contributed by atoms with E-state index in [2.05, 4.69) is 33.0 Å². The van der Waals surface area contributed by atoms with Crippen LogP contribution < -0.4 is 5.73 Å². The van der Waals surface area contributed by atoms with Crippen molar-refractivity contribution in [2.45, 2.75) is 12.8 Å². The van der Waals surface area contributed by atoms with Gasteiger partial charge in [0.2, 0.25) is 0 Å². The highest BCUT2D eigenvalue weighted by molar-refractivity contribution is 9.10. The van der Waals surface area contributed by atoms with Gasteiger partial charge in [-0.2, -0.15) is 0 Å². The summed E-state index contributed by atoms with van der Waals surface area (Å²) in [4.78, 5) is 4.18. The molecule has 1 heterocycles. The fourth-order valence-electron chi connectivity index (χ4n) is 2.14. The summed E-state index contributed by atoms with van der Waals surface area (Å²) in [5, 5.41) is 0.775. The molecule has 2 N–H and O–H groups in total. The SMILES string of the molecule is NCC(Cc1cccc(Cl)c1)Cc1cncc(Br)c1. The van der Waals surface area contributed by atoms with Crippen molar-refractivity contribution in [3.63, 3.8) is 0 Å². The molecule has 0 aliphatic rings. The normalized spacial score (nSPS) is 12.4. The molecule has 2 nitrogen and oxygen atoms in total. The first-order chi connectivity index (χ1) is 9.17. The second-order valence-corrected chi connectivity index (χ2v) is 6.00. The van der Waals surface area contributed by atoms with Gasteiger partial charge in [-0.05, 0) is 70.6 Å². The number of halogens is 2. The number of hydrogen-bond acceptors (Lipinski definition) is 2. The van der Waals surface area contributed by atoms with Gasteiger partial charge in [-0.1, -0.05) is 23.7 Å². The van der Waals surface area contributed by atoms with Crippen molar-refractivity contribution in [1.29, 1.82) is 0 Å². The summed E-state index contributed by atoms with van der Waals surface area (Å²) in [6, 6.07) is 10.1. The molecule has 4 heteroatoms. The van der Waals surface area contributed by atoms with E-state index >= 15 is 0 Å². The summed E-state index contributed by atoms with van der Waals surface area (Å²) in [7, 11) is 0. The van der Waals surface area contributed by atoms with Gasteiger partial charge >= 0.3 is 0 Å². The first-order valence-corrected chi connectivity index (χ1v) is 7.38. The van der Waals surface area contributed by atoms with Crippen LogP contribution in [0.25, 0.3) is 0 Å². The standard InChI is InChI=1S/C15H16BrClN2/c16-14-6-13(9-19-10-14)5-12(8-18)4-11-2-1-3-15(17)7-11/h1-3,6-7,9-10,12H,4-5,8,18H2. The van der Waals surface area contributed by atoms with Gasteiger partial charge < -0.3 is 5.73 Å². The quantitative estimate of drug-likeness (QED) is 0.898. The maximum absolute atomic E-state index is 6.01. The van der Waals surface area contributed by atoms with Gasteiger partial charge in [-0.25, -0.2) is 0 Å². The van der Waals surface area contributed by atoms with E-state index in [-0.39, 0.29) is 0 Å². The lowest BCUT2D eigenvalue weighted by molar-refractivity contribution is 0.532. The van der Waals surface area contributed by atoms with Crippen LogP contribution in [-0.2, 0) is 12.8 Å². The van der Waals surface area contributed by atoms with Crippen LogP contribution in [0.5, 0.6) is 0 Å². The Morgan fingerprint density at radius 3 is 2.63 bits per heavy atom. The van der Waals surface area contributed by atoms with E-state index in [4.69, 9.17) is 17.3 Å². The van der Waals surface area contributed by atoms with E-state index in [9.17, 15) is 0 Å². The van der Waals surface area contributed by atoms with E-state index in [1.165, 1.54) is 11.1 Å². The van der Waals surface area contributed by atoms with Crippen molar-refractivity contribution >= 4 is 27.5 Å². The van der Waals surface area contributed by atoms with Crippen molar-refractivity contribution in [1.82, 2.24) is 4.98 Å². The van der Waals surface area contributed by atoms with Gasteiger partial charge in [0.05, 0.1) is 0 Å². The molecule has 0 aliphatic heterocycles.